The fraction of sp³-hybridized carbons (Fsp3) is 0.250. The molecule has 3 N–H and O–H groups in total. The van der Waals surface area contributed by atoms with Crippen LogP contribution in [0.3, 0.4) is 0 Å². The monoisotopic (exact) mass is 416 g/mol. The summed E-state index contributed by atoms with van der Waals surface area (Å²) in [4.78, 5) is 9.25. The van der Waals surface area contributed by atoms with Gasteiger partial charge in [0.15, 0.2) is 0 Å². The maximum absolute atomic E-state index is 9.34. The van der Waals surface area contributed by atoms with Crippen molar-refractivity contribution >= 4 is 11.3 Å². The third-order valence-corrected chi connectivity index (χ3v) is 5.66. The first kappa shape index (κ1) is 19.5. The Morgan fingerprint density at radius 1 is 1.06 bits per heavy atom. The molecule has 7 nitrogen and oxygen atoms in total. The second-order valence-corrected chi connectivity index (χ2v) is 7.70. The zero-order valence-corrected chi connectivity index (χ0v) is 17.0. The zero-order valence-electron chi connectivity index (χ0n) is 17.0. The lowest BCUT2D eigenvalue weighted by atomic mass is 9.98. The molecular weight excluding hydrogens is 392 g/mol. The molecule has 2 aromatic carbocycles. The smallest absolute Gasteiger partial charge is 0.150 e. The van der Waals surface area contributed by atoms with Gasteiger partial charge in [0.05, 0.1) is 19.3 Å². The number of fused-ring (bicyclic) bond motifs is 1. The fourth-order valence-electron chi connectivity index (χ4n) is 4.04. The predicted molar refractivity (Wildman–Crippen MR) is 118 cm³/mol. The lowest BCUT2D eigenvalue weighted by Gasteiger charge is -2.27. The van der Waals surface area contributed by atoms with Crippen LogP contribution in [0, 0.1) is 0 Å². The second kappa shape index (κ2) is 8.37. The highest BCUT2D eigenvalue weighted by molar-refractivity contribution is 5.85. The average molecular weight is 416 g/mol. The number of nitrogens with two attached hydrogens (primary N) is 1. The molecule has 3 heterocycles. The summed E-state index contributed by atoms with van der Waals surface area (Å²) in [6.45, 7) is 0.574. The molecule has 0 radical (unpaired) electrons. The van der Waals surface area contributed by atoms with E-state index in [1.54, 1.807) is 6.20 Å². The normalized spacial score (nSPS) is 18.9. The standard InChI is InChI=1S/C24H24N4O3/c25-23-22-21(16-6-9-19(10-7-16)31-18-4-2-1-3-5-18)27-24(28(22)13-12-26-23)17-8-11-20(14-29)30-15-17/h1-7,9-10,12-13,17,20,29H,8,11,14-15H2,(H2,25,26)/t17-,20-/m0/s1. The van der Waals surface area contributed by atoms with Gasteiger partial charge in [0.2, 0.25) is 0 Å². The molecule has 7 heteroatoms. The molecule has 2 aromatic heterocycles. The molecule has 5 rings (SSSR count). The Balaban J connectivity index is 1.48. The van der Waals surface area contributed by atoms with Crippen molar-refractivity contribution in [2.24, 2.45) is 0 Å². The highest BCUT2D eigenvalue weighted by Crippen LogP contribution is 2.35. The molecule has 0 amide bonds. The summed E-state index contributed by atoms with van der Waals surface area (Å²) in [7, 11) is 0. The van der Waals surface area contributed by atoms with Crippen LogP contribution >= 0.6 is 0 Å². The van der Waals surface area contributed by atoms with Gasteiger partial charge in [-0.05, 0) is 49.2 Å². The lowest BCUT2D eigenvalue weighted by molar-refractivity contribution is -0.0282. The van der Waals surface area contributed by atoms with Gasteiger partial charge in [-0.1, -0.05) is 18.2 Å². The Morgan fingerprint density at radius 3 is 2.55 bits per heavy atom. The molecule has 0 spiro atoms. The van der Waals surface area contributed by atoms with Gasteiger partial charge in [0, 0.05) is 23.9 Å². The van der Waals surface area contributed by atoms with Crippen LogP contribution in [-0.4, -0.2) is 38.8 Å². The molecule has 0 bridgehead atoms. The average Bonchev–Trinajstić information content (AvgIpc) is 3.21. The van der Waals surface area contributed by atoms with Crippen LogP contribution in [0.1, 0.15) is 24.6 Å². The Bertz CT molecular complexity index is 1170. The van der Waals surface area contributed by atoms with E-state index < -0.39 is 0 Å². The molecular formula is C24H24N4O3. The number of imidazole rings is 1. The quantitative estimate of drug-likeness (QED) is 0.510. The number of ether oxygens (including phenoxy) is 2. The molecule has 1 saturated heterocycles. The van der Waals surface area contributed by atoms with Crippen molar-refractivity contribution < 1.29 is 14.6 Å². The van der Waals surface area contributed by atoms with E-state index in [9.17, 15) is 5.11 Å². The van der Waals surface area contributed by atoms with Crippen molar-refractivity contribution in [2.45, 2.75) is 24.9 Å². The van der Waals surface area contributed by atoms with Gasteiger partial charge in [0.1, 0.15) is 34.4 Å². The van der Waals surface area contributed by atoms with Gasteiger partial charge in [-0.2, -0.15) is 0 Å². The number of aliphatic hydroxyl groups is 1. The summed E-state index contributed by atoms with van der Waals surface area (Å²) in [5, 5.41) is 9.34. The summed E-state index contributed by atoms with van der Waals surface area (Å²) in [5.74, 6) is 3.01. The van der Waals surface area contributed by atoms with Crippen molar-refractivity contribution in [3.8, 4) is 22.8 Å². The molecule has 0 saturated carbocycles. The number of aromatic nitrogens is 3. The first-order valence-electron chi connectivity index (χ1n) is 10.4. The van der Waals surface area contributed by atoms with Crippen LogP contribution in [0.5, 0.6) is 11.5 Å². The minimum absolute atomic E-state index is 0.0502. The van der Waals surface area contributed by atoms with E-state index in [2.05, 4.69) is 4.98 Å². The number of hydrogen-bond acceptors (Lipinski definition) is 6. The van der Waals surface area contributed by atoms with Gasteiger partial charge < -0.3 is 20.3 Å². The largest absolute Gasteiger partial charge is 0.457 e. The molecule has 4 aromatic rings. The molecule has 1 fully saturated rings. The number of hydrogen-bond donors (Lipinski definition) is 2. The van der Waals surface area contributed by atoms with Gasteiger partial charge in [-0.15, -0.1) is 0 Å². The predicted octanol–water partition coefficient (Wildman–Crippen LogP) is 4.03. The van der Waals surface area contributed by atoms with Gasteiger partial charge in [-0.3, -0.25) is 4.40 Å². The van der Waals surface area contributed by atoms with E-state index in [1.807, 2.05) is 65.2 Å². The summed E-state index contributed by atoms with van der Waals surface area (Å²) >= 11 is 0. The van der Waals surface area contributed by atoms with Crippen molar-refractivity contribution in [3.63, 3.8) is 0 Å². The third kappa shape index (κ3) is 3.85. The number of nitrogen functional groups attached to an aromatic ring is 1. The number of para-hydroxylation sites is 1. The van der Waals surface area contributed by atoms with Crippen molar-refractivity contribution in [2.75, 3.05) is 18.9 Å². The minimum atomic E-state index is -0.0918. The molecule has 1 aliphatic heterocycles. The summed E-state index contributed by atoms with van der Waals surface area (Å²) in [6.07, 6.45) is 5.19. The Kier molecular flexibility index (Phi) is 5.28. The van der Waals surface area contributed by atoms with Gasteiger partial charge in [-0.25, -0.2) is 9.97 Å². The van der Waals surface area contributed by atoms with Crippen LogP contribution in [-0.2, 0) is 4.74 Å². The number of benzene rings is 2. The molecule has 1 aliphatic rings. The highest BCUT2D eigenvalue weighted by Gasteiger charge is 2.27. The summed E-state index contributed by atoms with van der Waals surface area (Å²) in [6, 6.07) is 17.5. The minimum Gasteiger partial charge on any atom is -0.457 e. The number of nitrogens with zero attached hydrogens (tertiary/aromatic N) is 3. The van der Waals surface area contributed by atoms with Crippen LogP contribution in [0.2, 0.25) is 0 Å². The second-order valence-electron chi connectivity index (χ2n) is 7.70. The maximum Gasteiger partial charge on any atom is 0.150 e. The van der Waals surface area contributed by atoms with E-state index >= 15 is 0 Å². The molecule has 0 unspecified atom stereocenters. The van der Waals surface area contributed by atoms with E-state index in [4.69, 9.17) is 20.2 Å². The SMILES string of the molecule is Nc1nccn2c([C@H]3CC[C@@H](CO)OC3)nc(-c3ccc(Oc4ccccc4)cc3)c12. The van der Waals surface area contributed by atoms with Crippen molar-refractivity contribution in [1.82, 2.24) is 14.4 Å². The van der Waals surface area contributed by atoms with Crippen molar-refractivity contribution in [3.05, 3.63) is 72.8 Å². The van der Waals surface area contributed by atoms with E-state index in [-0.39, 0.29) is 18.6 Å². The maximum atomic E-state index is 9.34. The molecule has 2 atom stereocenters. The number of aliphatic hydroxyl groups excluding tert-OH is 1. The van der Waals surface area contributed by atoms with E-state index in [0.717, 1.165) is 46.9 Å². The summed E-state index contributed by atoms with van der Waals surface area (Å²) < 4.78 is 13.7. The molecule has 158 valence electrons. The first-order chi connectivity index (χ1) is 15.2. The zero-order chi connectivity index (χ0) is 21.2. The van der Waals surface area contributed by atoms with Crippen LogP contribution in [0.4, 0.5) is 5.82 Å². The van der Waals surface area contributed by atoms with Crippen LogP contribution in [0.25, 0.3) is 16.8 Å². The highest BCUT2D eigenvalue weighted by atomic mass is 16.5. The fourth-order valence-corrected chi connectivity index (χ4v) is 4.04. The van der Waals surface area contributed by atoms with E-state index in [1.165, 1.54) is 0 Å². The third-order valence-electron chi connectivity index (χ3n) is 5.66. The molecule has 31 heavy (non-hydrogen) atoms. The van der Waals surface area contributed by atoms with E-state index in [0.29, 0.717) is 12.4 Å². The van der Waals surface area contributed by atoms with Gasteiger partial charge >= 0.3 is 0 Å². The Hall–Kier alpha value is -3.42. The first-order valence-corrected chi connectivity index (χ1v) is 10.4. The van der Waals surface area contributed by atoms with Crippen LogP contribution < -0.4 is 10.5 Å². The number of rotatable bonds is 5. The van der Waals surface area contributed by atoms with Gasteiger partial charge in [0.25, 0.3) is 0 Å². The van der Waals surface area contributed by atoms with Crippen LogP contribution in [0.15, 0.2) is 67.0 Å². The summed E-state index contributed by atoms with van der Waals surface area (Å²) in [5.41, 5.74) is 8.77. The Morgan fingerprint density at radius 2 is 1.84 bits per heavy atom. The lowest BCUT2D eigenvalue weighted by Crippen LogP contribution is -2.28. The Labute approximate surface area is 180 Å². The van der Waals surface area contributed by atoms with Crippen molar-refractivity contribution in [1.29, 1.82) is 0 Å². The molecule has 0 aliphatic carbocycles. The topological polar surface area (TPSA) is 94.9 Å². The number of anilines is 1.